The van der Waals surface area contributed by atoms with Gasteiger partial charge in [-0.05, 0) is 60.4 Å². The molecule has 63 heavy (non-hydrogen) atoms. The van der Waals surface area contributed by atoms with Crippen molar-refractivity contribution in [2.75, 3.05) is 35.5 Å². The number of methoxy groups -OCH3 is 5. The first-order chi connectivity index (χ1) is 29.6. The highest BCUT2D eigenvalue weighted by atomic mass is 28.4. The van der Waals surface area contributed by atoms with Crippen LogP contribution in [0.4, 0.5) is 0 Å². The molecular formula is C48H68O14Si. The topological polar surface area (TPSA) is 167 Å². The lowest BCUT2D eigenvalue weighted by molar-refractivity contribution is -0.213. The van der Waals surface area contributed by atoms with E-state index in [2.05, 4.69) is 33.9 Å². The first-order valence-electron chi connectivity index (χ1n) is 21.4. The number of carboxylic acids is 1. The maximum atomic E-state index is 14.2. The summed E-state index contributed by atoms with van der Waals surface area (Å²) in [6, 6.07) is 12.6. The molecule has 0 radical (unpaired) electrons. The fourth-order valence-corrected chi connectivity index (χ4v) is 9.52. The van der Waals surface area contributed by atoms with Gasteiger partial charge in [-0.3, -0.25) is 0 Å². The molecule has 0 amide bonds. The Bertz CT molecular complexity index is 2080. The zero-order valence-electron chi connectivity index (χ0n) is 39.4. The molecule has 3 aromatic carbocycles. The summed E-state index contributed by atoms with van der Waals surface area (Å²) in [6.45, 7) is 18.8. The fraction of sp³-hybridized carbons (Fsp3) is 0.583. The van der Waals surface area contributed by atoms with E-state index in [-0.39, 0.29) is 48.5 Å². The van der Waals surface area contributed by atoms with Gasteiger partial charge in [-0.25, -0.2) is 9.59 Å². The van der Waals surface area contributed by atoms with Gasteiger partial charge in [0.05, 0.1) is 52.9 Å². The van der Waals surface area contributed by atoms with Gasteiger partial charge in [0.25, 0.3) is 0 Å². The Labute approximate surface area is 373 Å². The highest BCUT2D eigenvalue weighted by Crippen LogP contribution is 2.47. The van der Waals surface area contributed by atoms with Gasteiger partial charge < -0.3 is 57.3 Å². The van der Waals surface area contributed by atoms with E-state index in [1.165, 1.54) is 7.11 Å². The van der Waals surface area contributed by atoms with E-state index < -0.39 is 62.1 Å². The summed E-state index contributed by atoms with van der Waals surface area (Å²) in [7, 11) is 5.33. The van der Waals surface area contributed by atoms with E-state index in [9.17, 15) is 19.8 Å². The van der Waals surface area contributed by atoms with Gasteiger partial charge in [-0.15, -0.1) is 0 Å². The number of fused-ring (bicyclic) bond motifs is 1. The number of cyclic esters (lactones) is 1. The van der Waals surface area contributed by atoms with Crippen LogP contribution in [0.25, 0.3) is 0 Å². The Morgan fingerprint density at radius 3 is 1.90 bits per heavy atom. The van der Waals surface area contributed by atoms with Crippen LogP contribution in [0.3, 0.4) is 0 Å². The zero-order valence-corrected chi connectivity index (χ0v) is 40.4. The number of carboxylic acid groups (broad SMARTS) is 1. The molecule has 0 saturated carbocycles. The smallest absolute Gasteiger partial charge is 0.342 e. The quantitative estimate of drug-likeness (QED) is 0.0871. The third-order valence-electron chi connectivity index (χ3n) is 13.4. The number of aliphatic hydroxyl groups is 1. The molecule has 14 nitrogen and oxygen atoms in total. The molecule has 0 aliphatic carbocycles. The molecule has 0 aromatic heterocycles. The molecule has 15 heteroatoms. The Hall–Kier alpha value is -4.54. The van der Waals surface area contributed by atoms with Gasteiger partial charge in [0, 0.05) is 67.0 Å². The van der Waals surface area contributed by atoms with Gasteiger partial charge in [0.1, 0.15) is 59.4 Å². The molecule has 0 bridgehead atoms. The summed E-state index contributed by atoms with van der Waals surface area (Å²) in [4.78, 5) is 26.6. The highest BCUT2D eigenvalue weighted by molar-refractivity contribution is 6.74. The Morgan fingerprint density at radius 2 is 1.41 bits per heavy atom. The van der Waals surface area contributed by atoms with Crippen molar-refractivity contribution in [3.05, 3.63) is 70.3 Å². The van der Waals surface area contributed by atoms with E-state index in [1.807, 2.05) is 45.9 Å². The first-order valence-corrected chi connectivity index (χ1v) is 24.3. The van der Waals surface area contributed by atoms with Crippen molar-refractivity contribution in [3.63, 3.8) is 0 Å². The lowest BCUT2D eigenvalue weighted by atomic mass is 9.72. The lowest BCUT2D eigenvalue weighted by Crippen LogP contribution is -2.59. The molecule has 2 aliphatic rings. The number of carbonyl (C=O) groups is 2. The van der Waals surface area contributed by atoms with Crippen molar-refractivity contribution in [2.24, 2.45) is 11.3 Å². The van der Waals surface area contributed by atoms with Crippen molar-refractivity contribution in [3.8, 4) is 34.5 Å². The predicted octanol–water partition coefficient (Wildman–Crippen LogP) is 8.33. The summed E-state index contributed by atoms with van der Waals surface area (Å²) >= 11 is 0. The molecule has 2 aliphatic heterocycles. The number of aliphatic carboxylic acids is 1. The maximum absolute atomic E-state index is 14.2. The van der Waals surface area contributed by atoms with Crippen LogP contribution in [-0.4, -0.2) is 103 Å². The summed E-state index contributed by atoms with van der Waals surface area (Å²) < 4.78 is 60.0. The van der Waals surface area contributed by atoms with Gasteiger partial charge >= 0.3 is 11.9 Å². The number of rotatable bonds is 19. The van der Waals surface area contributed by atoms with Gasteiger partial charge in [0.15, 0.2) is 14.4 Å². The standard InChI is InChI=1S/C48H68O14Si/c1-27-33-21-36(28(2)34(49)22-41-48(6,7)42(62-63(13,14)47(3,4)5)24-40(60-41)44(57-12)45(50)51)61-46(52)43(33)39(59-26-30-16-18-32(54-9)20-38(30)56-11)23-35(27)58-25-29-15-17-31(53-8)19-37(29)55-10/h15-20,23,28,34,36,40-42,44,49H,21-22,24-26H2,1-14H3,(H,50,51)/t28-,34+,36-,40+,41-,42-,44+/m1/s1. The molecular weight excluding hydrogens is 829 g/mol. The molecule has 3 aromatic rings. The average molecular weight is 897 g/mol. The zero-order chi connectivity index (χ0) is 46.6. The second-order valence-corrected chi connectivity index (χ2v) is 23.4. The monoisotopic (exact) mass is 896 g/mol. The van der Waals surface area contributed by atoms with E-state index in [0.29, 0.717) is 40.7 Å². The third kappa shape index (κ3) is 10.9. The van der Waals surface area contributed by atoms with Crippen LogP contribution < -0.4 is 28.4 Å². The largest absolute Gasteiger partial charge is 0.497 e. The molecule has 1 saturated heterocycles. The lowest BCUT2D eigenvalue weighted by Gasteiger charge is -2.52. The van der Waals surface area contributed by atoms with Crippen molar-refractivity contribution >= 4 is 20.3 Å². The van der Waals surface area contributed by atoms with Crippen LogP contribution in [-0.2, 0) is 43.1 Å². The normalized spacial score (nSPS) is 21.3. The molecule has 348 valence electrons. The Kier molecular flexibility index (Phi) is 15.8. The summed E-state index contributed by atoms with van der Waals surface area (Å²) in [5, 5.41) is 22.0. The highest BCUT2D eigenvalue weighted by Gasteiger charge is 2.53. The third-order valence-corrected chi connectivity index (χ3v) is 17.9. The van der Waals surface area contributed by atoms with Gasteiger partial charge in [-0.2, -0.15) is 0 Å². The molecule has 0 spiro atoms. The summed E-state index contributed by atoms with van der Waals surface area (Å²) in [6.07, 6.45) is -4.11. The van der Waals surface area contributed by atoms with E-state index >= 15 is 0 Å². The molecule has 5 rings (SSSR count). The molecule has 2 N–H and O–H groups in total. The van der Waals surface area contributed by atoms with E-state index in [4.69, 9.17) is 47.1 Å². The van der Waals surface area contributed by atoms with Crippen LogP contribution >= 0.6 is 0 Å². The van der Waals surface area contributed by atoms with Crippen molar-refractivity contribution in [1.29, 1.82) is 0 Å². The SMILES string of the molecule is COc1ccc(COc2cc(OCc3ccc(OC)cc3OC)c3c(c2C)C[C@H]([C@H](C)[C@@H](O)C[C@H]2O[C@H]([C@H](OC)C(=O)O)C[C@@H](O[Si](C)(C)C(C)(C)C)C2(C)C)OC3=O)c(OC)c1. The molecule has 1 fully saturated rings. The number of carbonyl (C=O) groups excluding carboxylic acids is 1. The van der Waals surface area contributed by atoms with E-state index in [0.717, 1.165) is 16.7 Å². The number of benzene rings is 3. The number of aliphatic hydroxyl groups excluding tert-OH is 1. The minimum Gasteiger partial charge on any atom is -0.497 e. The van der Waals surface area contributed by atoms with Crippen LogP contribution in [0.15, 0.2) is 42.5 Å². The van der Waals surface area contributed by atoms with Crippen molar-refractivity contribution in [2.45, 2.75) is 136 Å². The second-order valence-electron chi connectivity index (χ2n) is 18.7. The van der Waals surface area contributed by atoms with Gasteiger partial charge in [0.2, 0.25) is 0 Å². The minimum atomic E-state index is -2.33. The molecule has 0 unspecified atom stereocenters. The Morgan fingerprint density at radius 1 is 0.857 bits per heavy atom. The van der Waals surface area contributed by atoms with Crippen LogP contribution in [0.2, 0.25) is 18.1 Å². The number of hydrogen-bond acceptors (Lipinski definition) is 13. The maximum Gasteiger partial charge on any atom is 0.342 e. The molecule has 7 atom stereocenters. The van der Waals surface area contributed by atoms with E-state index in [1.54, 1.807) is 52.7 Å². The van der Waals surface area contributed by atoms with Crippen LogP contribution in [0.1, 0.15) is 87.0 Å². The van der Waals surface area contributed by atoms with Gasteiger partial charge in [-0.1, -0.05) is 41.5 Å². The van der Waals surface area contributed by atoms with Crippen LogP contribution in [0, 0.1) is 18.3 Å². The van der Waals surface area contributed by atoms with Crippen molar-refractivity contribution in [1.82, 2.24) is 0 Å². The van der Waals surface area contributed by atoms with Crippen LogP contribution in [0.5, 0.6) is 34.5 Å². The number of ether oxygens (including phenoxy) is 9. The molecule has 2 heterocycles. The van der Waals surface area contributed by atoms with Crippen molar-refractivity contribution < 1.29 is 66.9 Å². The average Bonchev–Trinajstić information content (AvgIpc) is 3.23. The first kappa shape index (κ1) is 49.5. The fourth-order valence-electron chi connectivity index (χ4n) is 8.06. The minimum absolute atomic E-state index is 0.0599. The Balaban J connectivity index is 1.46. The number of hydrogen-bond donors (Lipinski definition) is 2. The second kappa shape index (κ2) is 20.1. The predicted molar refractivity (Wildman–Crippen MR) is 239 cm³/mol. The summed E-state index contributed by atoms with van der Waals surface area (Å²) in [5.41, 5.74) is 2.54. The summed E-state index contributed by atoms with van der Waals surface area (Å²) in [5.74, 6) is 0.871. The number of esters is 1.